The van der Waals surface area contributed by atoms with Crippen LogP contribution in [0.5, 0.6) is 0 Å². The van der Waals surface area contributed by atoms with Gasteiger partial charge in [-0.15, -0.1) is 0 Å². The molecule has 2 aliphatic carbocycles. The van der Waals surface area contributed by atoms with Crippen LogP contribution >= 0.6 is 0 Å². The molecule has 0 saturated heterocycles. The molecule has 2 aliphatic rings. The fourth-order valence-electron chi connectivity index (χ4n) is 3.99. The van der Waals surface area contributed by atoms with Gasteiger partial charge in [-0.1, -0.05) is 18.6 Å². The van der Waals surface area contributed by atoms with Crippen LogP contribution in [0.25, 0.3) is 0 Å². The number of fused-ring (bicyclic) bond motifs is 2. The highest BCUT2D eigenvalue weighted by atomic mass is 15.1. The molecule has 2 aromatic rings. The monoisotopic (exact) mass is 294 g/mol. The summed E-state index contributed by atoms with van der Waals surface area (Å²) in [5.74, 6) is 3.55. The van der Waals surface area contributed by atoms with Gasteiger partial charge < -0.3 is 10.6 Å². The lowest BCUT2D eigenvalue weighted by Crippen LogP contribution is -2.26. The Morgan fingerprint density at radius 3 is 2.73 bits per heavy atom. The van der Waals surface area contributed by atoms with E-state index in [0.717, 1.165) is 29.2 Å². The summed E-state index contributed by atoms with van der Waals surface area (Å²) in [7, 11) is 0. The van der Waals surface area contributed by atoms with Crippen molar-refractivity contribution in [2.24, 2.45) is 11.8 Å². The largest absolute Gasteiger partial charge is 0.367 e. The lowest BCUT2D eigenvalue weighted by atomic mass is 9.95. The van der Waals surface area contributed by atoms with Gasteiger partial charge in [0.15, 0.2) is 0 Å². The quantitative estimate of drug-likeness (QED) is 0.890. The third-order valence-electron chi connectivity index (χ3n) is 5.03. The predicted molar refractivity (Wildman–Crippen MR) is 89.4 cm³/mol. The van der Waals surface area contributed by atoms with Gasteiger partial charge in [-0.25, -0.2) is 9.97 Å². The zero-order valence-electron chi connectivity index (χ0n) is 12.9. The standard InChI is InChI=1S/C18H22N4/c1-12-3-2-4-15(7-12)21-17-10-18(20-11-19-17)22-16-9-13-5-6-14(16)8-13/h2-4,7,10-11,13-14,16H,5-6,8-9H2,1H3,(H2,19,20,21,22). The summed E-state index contributed by atoms with van der Waals surface area (Å²) in [6.45, 7) is 2.09. The fraction of sp³-hybridized carbons (Fsp3) is 0.444. The summed E-state index contributed by atoms with van der Waals surface area (Å²) in [4.78, 5) is 8.71. The minimum absolute atomic E-state index is 0.598. The molecule has 3 unspecified atom stereocenters. The Hall–Kier alpha value is -2.10. The maximum Gasteiger partial charge on any atom is 0.135 e. The number of aromatic nitrogens is 2. The Labute approximate surface area is 131 Å². The number of rotatable bonds is 4. The molecule has 1 aromatic carbocycles. The van der Waals surface area contributed by atoms with Gasteiger partial charge in [-0.3, -0.25) is 0 Å². The van der Waals surface area contributed by atoms with E-state index in [-0.39, 0.29) is 0 Å². The summed E-state index contributed by atoms with van der Waals surface area (Å²) in [5, 5.41) is 6.97. The molecule has 4 heteroatoms. The van der Waals surface area contributed by atoms with E-state index in [1.54, 1.807) is 6.33 Å². The highest BCUT2D eigenvalue weighted by molar-refractivity contribution is 5.59. The maximum atomic E-state index is 4.38. The number of hydrogen-bond acceptors (Lipinski definition) is 4. The number of nitrogens with zero attached hydrogens (tertiary/aromatic N) is 2. The first-order chi connectivity index (χ1) is 10.8. The van der Waals surface area contributed by atoms with E-state index in [1.165, 1.54) is 31.2 Å². The van der Waals surface area contributed by atoms with Gasteiger partial charge in [0, 0.05) is 17.8 Å². The first kappa shape index (κ1) is 13.6. The molecule has 0 radical (unpaired) electrons. The molecule has 2 N–H and O–H groups in total. The lowest BCUT2D eigenvalue weighted by Gasteiger charge is -2.23. The van der Waals surface area contributed by atoms with Crippen LogP contribution in [0.1, 0.15) is 31.2 Å². The molecule has 4 rings (SSSR count). The summed E-state index contributed by atoms with van der Waals surface area (Å²) in [6.07, 6.45) is 7.13. The Balaban J connectivity index is 1.46. The van der Waals surface area contributed by atoms with Crippen LogP contribution in [0, 0.1) is 18.8 Å². The molecule has 22 heavy (non-hydrogen) atoms. The van der Waals surface area contributed by atoms with Crippen LogP contribution in [0.15, 0.2) is 36.7 Å². The van der Waals surface area contributed by atoms with E-state index in [2.05, 4.69) is 45.7 Å². The highest BCUT2D eigenvalue weighted by Gasteiger charge is 2.39. The number of nitrogens with one attached hydrogen (secondary N) is 2. The number of anilines is 3. The van der Waals surface area contributed by atoms with Crippen LogP contribution in [-0.2, 0) is 0 Å². The van der Waals surface area contributed by atoms with Crippen molar-refractivity contribution >= 4 is 17.3 Å². The van der Waals surface area contributed by atoms with E-state index < -0.39 is 0 Å². The van der Waals surface area contributed by atoms with Gasteiger partial charge >= 0.3 is 0 Å². The Morgan fingerprint density at radius 2 is 1.95 bits per heavy atom. The summed E-state index contributed by atoms with van der Waals surface area (Å²) in [6, 6.07) is 10.9. The van der Waals surface area contributed by atoms with Gasteiger partial charge in [-0.05, 0) is 55.7 Å². The van der Waals surface area contributed by atoms with Gasteiger partial charge in [0.25, 0.3) is 0 Å². The lowest BCUT2D eigenvalue weighted by molar-refractivity contribution is 0.439. The number of aryl methyl sites for hydroxylation is 1. The highest BCUT2D eigenvalue weighted by Crippen LogP contribution is 2.45. The minimum Gasteiger partial charge on any atom is -0.367 e. The molecule has 2 saturated carbocycles. The Morgan fingerprint density at radius 1 is 1.05 bits per heavy atom. The first-order valence-electron chi connectivity index (χ1n) is 8.18. The molecule has 1 heterocycles. The van der Waals surface area contributed by atoms with Crippen molar-refractivity contribution in [1.82, 2.24) is 9.97 Å². The molecule has 0 aliphatic heterocycles. The number of hydrogen-bond donors (Lipinski definition) is 2. The molecule has 2 bridgehead atoms. The molecular formula is C18H22N4. The Bertz CT molecular complexity index is 670. The zero-order valence-corrected chi connectivity index (χ0v) is 12.9. The van der Waals surface area contributed by atoms with Gasteiger partial charge in [-0.2, -0.15) is 0 Å². The molecule has 0 amide bonds. The third kappa shape index (κ3) is 2.78. The molecule has 3 atom stereocenters. The van der Waals surface area contributed by atoms with Crippen LogP contribution in [-0.4, -0.2) is 16.0 Å². The maximum absolute atomic E-state index is 4.38. The minimum atomic E-state index is 0.598. The molecular weight excluding hydrogens is 272 g/mol. The SMILES string of the molecule is Cc1cccc(Nc2cc(NC3CC4CCC3C4)ncn2)c1. The number of benzene rings is 1. The third-order valence-corrected chi connectivity index (χ3v) is 5.03. The van der Waals surface area contributed by atoms with Crippen LogP contribution < -0.4 is 10.6 Å². The van der Waals surface area contributed by atoms with Crippen molar-refractivity contribution in [2.45, 2.75) is 38.6 Å². The molecule has 0 spiro atoms. The van der Waals surface area contributed by atoms with Crippen molar-refractivity contribution in [3.63, 3.8) is 0 Å². The van der Waals surface area contributed by atoms with Crippen molar-refractivity contribution in [2.75, 3.05) is 10.6 Å². The summed E-state index contributed by atoms with van der Waals surface area (Å²) in [5.41, 5.74) is 2.30. The average molecular weight is 294 g/mol. The van der Waals surface area contributed by atoms with E-state index in [0.29, 0.717) is 6.04 Å². The second-order valence-electron chi connectivity index (χ2n) is 6.71. The molecule has 1 aromatic heterocycles. The Kier molecular flexibility index (Phi) is 3.45. The molecule has 4 nitrogen and oxygen atoms in total. The van der Waals surface area contributed by atoms with Gasteiger partial charge in [0.05, 0.1) is 0 Å². The first-order valence-corrected chi connectivity index (χ1v) is 8.18. The van der Waals surface area contributed by atoms with Crippen LogP contribution in [0.2, 0.25) is 0 Å². The predicted octanol–water partition coefficient (Wildman–Crippen LogP) is 4.13. The second-order valence-corrected chi connectivity index (χ2v) is 6.71. The average Bonchev–Trinajstić information content (AvgIpc) is 3.10. The fourth-order valence-corrected chi connectivity index (χ4v) is 3.99. The van der Waals surface area contributed by atoms with Crippen molar-refractivity contribution < 1.29 is 0 Å². The van der Waals surface area contributed by atoms with E-state index >= 15 is 0 Å². The van der Waals surface area contributed by atoms with Crippen molar-refractivity contribution in [3.8, 4) is 0 Å². The van der Waals surface area contributed by atoms with E-state index in [9.17, 15) is 0 Å². The van der Waals surface area contributed by atoms with E-state index in [4.69, 9.17) is 0 Å². The van der Waals surface area contributed by atoms with Crippen molar-refractivity contribution in [3.05, 3.63) is 42.2 Å². The summed E-state index contributed by atoms with van der Waals surface area (Å²) < 4.78 is 0. The van der Waals surface area contributed by atoms with E-state index in [1.807, 2.05) is 12.1 Å². The zero-order chi connectivity index (χ0) is 14.9. The smallest absolute Gasteiger partial charge is 0.135 e. The van der Waals surface area contributed by atoms with Gasteiger partial charge in [0.1, 0.15) is 18.0 Å². The molecule has 114 valence electrons. The summed E-state index contributed by atoms with van der Waals surface area (Å²) >= 11 is 0. The van der Waals surface area contributed by atoms with Crippen LogP contribution in [0.3, 0.4) is 0 Å². The normalized spacial score (nSPS) is 26.1. The topological polar surface area (TPSA) is 49.8 Å². The molecule has 2 fully saturated rings. The van der Waals surface area contributed by atoms with Crippen LogP contribution in [0.4, 0.5) is 17.3 Å². The van der Waals surface area contributed by atoms with Crippen molar-refractivity contribution in [1.29, 1.82) is 0 Å². The second kappa shape index (κ2) is 5.59. The van der Waals surface area contributed by atoms with Gasteiger partial charge in [0.2, 0.25) is 0 Å².